The highest BCUT2D eigenvalue weighted by molar-refractivity contribution is 7.86. The Balaban J connectivity index is 1.88. The van der Waals surface area contributed by atoms with Crippen LogP contribution in [0.3, 0.4) is 0 Å². The summed E-state index contributed by atoms with van der Waals surface area (Å²) in [4.78, 5) is 0.163. The summed E-state index contributed by atoms with van der Waals surface area (Å²) in [7, 11) is -3.73. The van der Waals surface area contributed by atoms with Crippen LogP contribution in [-0.4, -0.2) is 26.2 Å². The number of aryl methyl sites for hydroxylation is 1. The first-order valence-electron chi connectivity index (χ1n) is 7.98. The Morgan fingerprint density at radius 1 is 1.18 bits per heavy atom. The van der Waals surface area contributed by atoms with Gasteiger partial charge >= 0.3 is 0 Å². The molecule has 0 aliphatic heterocycles. The van der Waals surface area contributed by atoms with Gasteiger partial charge in [0.2, 0.25) is 0 Å². The van der Waals surface area contributed by atoms with Crippen molar-refractivity contribution in [3.63, 3.8) is 0 Å². The lowest BCUT2D eigenvalue weighted by atomic mass is 9.71. The van der Waals surface area contributed by atoms with Gasteiger partial charge in [-0.25, -0.2) is 0 Å². The number of hydrogen-bond acceptors (Lipinski definition) is 4. The lowest BCUT2D eigenvalue weighted by molar-refractivity contribution is -0.00298. The predicted molar refractivity (Wildman–Crippen MR) is 86.1 cm³/mol. The van der Waals surface area contributed by atoms with Crippen LogP contribution < -0.4 is 0 Å². The normalized spacial score (nSPS) is 19.8. The number of aliphatic hydroxyl groups excluding tert-OH is 1. The Hall–Kier alpha value is -0.910. The van der Waals surface area contributed by atoms with Gasteiger partial charge in [0.1, 0.15) is 0 Å². The third-order valence-electron chi connectivity index (χ3n) is 4.74. The summed E-state index contributed by atoms with van der Waals surface area (Å²) in [6.07, 6.45) is 5.33. The van der Waals surface area contributed by atoms with Crippen LogP contribution in [0.4, 0.5) is 0 Å². The molecule has 1 aromatic rings. The maximum Gasteiger partial charge on any atom is 0.296 e. The van der Waals surface area contributed by atoms with Gasteiger partial charge in [0.15, 0.2) is 0 Å². The molecule has 2 rings (SSSR count). The second kappa shape index (κ2) is 7.11. The highest BCUT2D eigenvalue weighted by atomic mass is 32.2. The van der Waals surface area contributed by atoms with Crippen molar-refractivity contribution in [2.24, 2.45) is 5.41 Å². The molecule has 0 saturated heterocycles. The van der Waals surface area contributed by atoms with Crippen LogP contribution in [0, 0.1) is 12.3 Å². The van der Waals surface area contributed by atoms with E-state index in [2.05, 4.69) is 6.92 Å². The molecule has 124 valence electrons. The molecule has 1 aliphatic carbocycles. The van der Waals surface area contributed by atoms with Crippen LogP contribution in [0.15, 0.2) is 29.2 Å². The molecule has 0 spiro atoms. The molecule has 1 fully saturated rings. The summed E-state index contributed by atoms with van der Waals surface area (Å²) in [5.41, 5.74) is 0.898. The van der Waals surface area contributed by atoms with Crippen LogP contribution in [0.25, 0.3) is 0 Å². The van der Waals surface area contributed by atoms with Crippen LogP contribution in [0.5, 0.6) is 0 Å². The molecular weight excluding hydrogens is 300 g/mol. The zero-order chi connectivity index (χ0) is 16.2. The molecule has 0 aromatic heterocycles. The van der Waals surface area contributed by atoms with Crippen LogP contribution in [0.2, 0.25) is 0 Å². The lowest BCUT2D eigenvalue weighted by Crippen LogP contribution is -2.35. The Kier molecular flexibility index (Phi) is 5.64. The molecule has 22 heavy (non-hydrogen) atoms. The van der Waals surface area contributed by atoms with Gasteiger partial charge in [-0.15, -0.1) is 0 Å². The lowest BCUT2D eigenvalue weighted by Gasteiger charge is -2.37. The Morgan fingerprint density at radius 3 is 2.36 bits per heavy atom. The maximum absolute atomic E-state index is 12.1. The van der Waals surface area contributed by atoms with E-state index in [1.807, 2.05) is 6.92 Å². The van der Waals surface area contributed by atoms with E-state index in [-0.39, 0.29) is 16.9 Å². The van der Waals surface area contributed by atoms with Crippen molar-refractivity contribution in [3.8, 4) is 0 Å². The predicted octanol–water partition coefficient (Wildman–Crippen LogP) is 3.42. The van der Waals surface area contributed by atoms with Crippen LogP contribution >= 0.6 is 0 Å². The molecule has 0 bridgehead atoms. The molecule has 1 atom stereocenters. The third kappa shape index (κ3) is 4.31. The fourth-order valence-corrected chi connectivity index (χ4v) is 4.00. The number of rotatable bonds is 6. The van der Waals surface area contributed by atoms with E-state index in [4.69, 9.17) is 4.18 Å². The van der Waals surface area contributed by atoms with Crippen LogP contribution in [-0.2, 0) is 14.3 Å². The molecule has 1 saturated carbocycles. The highest BCUT2D eigenvalue weighted by Crippen LogP contribution is 2.39. The molecule has 1 aliphatic rings. The summed E-state index contributed by atoms with van der Waals surface area (Å²) in [5, 5.41) is 10.4. The molecule has 0 amide bonds. The summed E-state index contributed by atoms with van der Waals surface area (Å²) in [6, 6.07) is 6.58. The fourth-order valence-electron chi connectivity index (χ4n) is 3.08. The van der Waals surface area contributed by atoms with Crippen molar-refractivity contribution in [2.75, 3.05) is 6.61 Å². The summed E-state index contributed by atoms with van der Waals surface area (Å²) >= 11 is 0. The second-order valence-corrected chi connectivity index (χ2v) is 8.22. The standard InChI is InChI=1S/C17H26O4S/c1-14-6-8-15(9-7-14)22(19,20)21-13-10-16(18)17(2)11-4-3-5-12-17/h6-9,16,18H,3-5,10-13H2,1-2H3/t16-/m0/s1. The molecule has 1 N–H and O–H groups in total. The minimum atomic E-state index is -3.73. The van der Waals surface area contributed by atoms with Crippen molar-refractivity contribution >= 4 is 10.1 Å². The first kappa shape index (κ1) is 17.4. The topological polar surface area (TPSA) is 63.6 Å². The number of aliphatic hydroxyl groups is 1. The molecule has 0 radical (unpaired) electrons. The molecule has 5 heteroatoms. The summed E-state index contributed by atoms with van der Waals surface area (Å²) in [6.45, 7) is 4.01. The van der Waals surface area contributed by atoms with E-state index in [9.17, 15) is 13.5 Å². The summed E-state index contributed by atoms with van der Waals surface area (Å²) < 4.78 is 29.2. The quantitative estimate of drug-likeness (QED) is 0.814. The van der Waals surface area contributed by atoms with E-state index >= 15 is 0 Å². The fraction of sp³-hybridized carbons (Fsp3) is 0.647. The van der Waals surface area contributed by atoms with Crippen molar-refractivity contribution in [1.82, 2.24) is 0 Å². The van der Waals surface area contributed by atoms with E-state index in [1.165, 1.54) is 6.42 Å². The van der Waals surface area contributed by atoms with E-state index in [1.54, 1.807) is 24.3 Å². The Labute approximate surface area is 133 Å². The number of hydrogen-bond donors (Lipinski definition) is 1. The largest absolute Gasteiger partial charge is 0.392 e. The van der Waals surface area contributed by atoms with Gasteiger partial charge < -0.3 is 5.11 Å². The van der Waals surface area contributed by atoms with Crippen molar-refractivity contribution < 1.29 is 17.7 Å². The van der Waals surface area contributed by atoms with Gasteiger partial charge in [-0.2, -0.15) is 8.42 Å². The maximum atomic E-state index is 12.1. The molecule has 0 unspecified atom stereocenters. The van der Waals surface area contributed by atoms with Crippen molar-refractivity contribution in [1.29, 1.82) is 0 Å². The minimum absolute atomic E-state index is 0.0208. The SMILES string of the molecule is Cc1ccc(S(=O)(=O)OCC[C@H](O)C2(C)CCCCC2)cc1. The van der Waals surface area contributed by atoms with Crippen molar-refractivity contribution in [2.45, 2.75) is 63.4 Å². The van der Waals surface area contributed by atoms with Gasteiger partial charge in [0.25, 0.3) is 10.1 Å². The molecular formula is C17H26O4S. The van der Waals surface area contributed by atoms with Gasteiger partial charge in [-0.3, -0.25) is 4.18 Å². The summed E-state index contributed by atoms with van der Waals surface area (Å²) in [5.74, 6) is 0. The first-order chi connectivity index (χ1) is 10.3. The van der Waals surface area contributed by atoms with Gasteiger partial charge in [0.05, 0.1) is 17.6 Å². The van der Waals surface area contributed by atoms with Crippen molar-refractivity contribution in [3.05, 3.63) is 29.8 Å². The van der Waals surface area contributed by atoms with Gasteiger partial charge in [-0.1, -0.05) is 43.9 Å². The molecule has 1 aromatic carbocycles. The first-order valence-corrected chi connectivity index (χ1v) is 9.38. The Bertz CT molecular complexity index is 571. The monoisotopic (exact) mass is 326 g/mol. The highest BCUT2D eigenvalue weighted by Gasteiger charge is 2.34. The Morgan fingerprint density at radius 2 is 1.77 bits per heavy atom. The average Bonchev–Trinajstić information content (AvgIpc) is 2.48. The minimum Gasteiger partial charge on any atom is -0.392 e. The van der Waals surface area contributed by atoms with E-state index in [0.29, 0.717) is 6.42 Å². The average molecular weight is 326 g/mol. The smallest absolute Gasteiger partial charge is 0.296 e. The molecule has 0 heterocycles. The third-order valence-corrected chi connectivity index (χ3v) is 6.07. The zero-order valence-electron chi connectivity index (χ0n) is 13.4. The zero-order valence-corrected chi connectivity index (χ0v) is 14.2. The van der Waals surface area contributed by atoms with Crippen LogP contribution in [0.1, 0.15) is 51.0 Å². The second-order valence-electron chi connectivity index (χ2n) is 6.61. The van der Waals surface area contributed by atoms with Gasteiger partial charge in [0, 0.05) is 0 Å². The van der Waals surface area contributed by atoms with E-state index in [0.717, 1.165) is 31.2 Å². The van der Waals surface area contributed by atoms with E-state index < -0.39 is 16.2 Å². The molecule has 4 nitrogen and oxygen atoms in total. The van der Waals surface area contributed by atoms with Gasteiger partial charge in [-0.05, 0) is 43.7 Å². The number of benzene rings is 1.